The van der Waals surface area contributed by atoms with Crippen LogP contribution in [0.2, 0.25) is 0 Å². The number of amides is 1. The average molecular weight is 353 g/mol. The molecule has 1 amide bonds. The van der Waals surface area contributed by atoms with Crippen molar-refractivity contribution in [3.05, 3.63) is 34.3 Å². The van der Waals surface area contributed by atoms with Crippen molar-refractivity contribution in [2.24, 2.45) is 0 Å². The molecule has 2 rings (SSSR count). The number of carbonyl (C=O) groups is 2. The van der Waals surface area contributed by atoms with Gasteiger partial charge in [0.25, 0.3) is 0 Å². The molecular weight excluding hydrogens is 336 g/mol. The van der Waals surface area contributed by atoms with Crippen LogP contribution in [0.4, 0.5) is 5.69 Å². The highest BCUT2D eigenvalue weighted by Gasteiger charge is 2.31. The van der Waals surface area contributed by atoms with Gasteiger partial charge in [0.05, 0.1) is 0 Å². The summed E-state index contributed by atoms with van der Waals surface area (Å²) < 4.78 is 0.868. The van der Waals surface area contributed by atoms with Gasteiger partial charge in [-0.3, -0.25) is 4.79 Å². The smallest absolute Gasteiger partial charge is 0.328 e. The third-order valence-electron chi connectivity index (χ3n) is 3.51. The van der Waals surface area contributed by atoms with Crippen molar-refractivity contribution in [3.63, 3.8) is 0 Å². The molecule has 21 heavy (non-hydrogen) atoms. The molecule has 0 radical (unpaired) electrons. The van der Waals surface area contributed by atoms with Gasteiger partial charge in [0, 0.05) is 29.8 Å². The minimum Gasteiger partial charge on any atom is -0.478 e. The number of aliphatic carboxylic acids is 1. The average Bonchev–Trinajstić information content (AvgIpc) is 2.93. The lowest BCUT2D eigenvalue weighted by atomic mass is 10.1. The second-order valence-electron chi connectivity index (χ2n) is 4.84. The molecule has 1 aliphatic heterocycles. The Labute approximate surface area is 131 Å². The molecule has 1 fully saturated rings. The molecule has 1 aromatic rings. The number of rotatable bonds is 4. The number of carboxylic acids is 1. The Hall–Kier alpha value is -1.82. The summed E-state index contributed by atoms with van der Waals surface area (Å²) in [5.41, 5.74) is 1.66. The molecule has 1 saturated heterocycles. The molecule has 1 aliphatic rings. The first-order valence-electron chi connectivity index (χ1n) is 6.71. The fraction of sp³-hybridized carbons (Fsp3) is 0.333. The highest BCUT2D eigenvalue weighted by molar-refractivity contribution is 9.10. The lowest BCUT2D eigenvalue weighted by Crippen LogP contribution is -2.42. The molecule has 1 unspecified atom stereocenters. The molecule has 0 aliphatic carbocycles. The fourth-order valence-electron chi connectivity index (χ4n) is 2.58. The third-order valence-corrected chi connectivity index (χ3v) is 4.00. The van der Waals surface area contributed by atoms with Crippen molar-refractivity contribution >= 4 is 39.6 Å². The second kappa shape index (κ2) is 6.76. The van der Waals surface area contributed by atoms with E-state index >= 15 is 0 Å². The lowest BCUT2D eigenvalue weighted by molar-refractivity contribution is -0.131. The van der Waals surface area contributed by atoms with Crippen LogP contribution in [-0.2, 0) is 9.59 Å². The van der Waals surface area contributed by atoms with E-state index in [0.29, 0.717) is 0 Å². The Bertz CT molecular complexity index is 586. The highest BCUT2D eigenvalue weighted by Crippen LogP contribution is 2.31. The van der Waals surface area contributed by atoms with E-state index in [0.717, 1.165) is 41.2 Å². The first kappa shape index (κ1) is 15.6. The maximum Gasteiger partial charge on any atom is 0.328 e. The van der Waals surface area contributed by atoms with Crippen LogP contribution in [0.1, 0.15) is 18.4 Å². The molecule has 0 spiro atoms. The molecule has 2 N–H and O–H groups in total. The van der Waals surface area contributed by atoms with Gasteiger partial charge < -0.3 is 15.3 Å². The lowest BCUT2D eigenvalue weighted by Gasteiger charge is -2.27. The zero-order valence-electron chi connectivity index (χ0n) is 11.7. The predicted molar refractivity (Wildman–Crippen MR) is 85.2 cm³/mol. The van der Waals surface area contributed by atoms with Crippen LogP contribution in [0, 0.1) is 0 Å². The Morgan fingerprint density at radius 2 is 2.24 bits per heavy atom. The van der Waals surface area contributed by atoms with Crippen LogP contribution in [0.5, 0.6) is 0 Å². The SMILES string of the molecule is CNC(=O)C1CCCN1c1ccc(Br)cc1/C=C/C(=O)O. The molecule has 1 heterocycles. The van der Waals surface area contributed by atoms with Gasteiger partial charge in [-0.1, -0.05) is 15.9 Å². The van der Waals surface area contributed by atoms with Gasteiger partial charge in [-0.05, 0) is 42.7 Å². The van der Waals surface area contributed by atoms with E-state index in [1.165, 1.54) is 0 Å². The van der Waals surface area contributed by atoms with Crippen molar-refractivity contribution < 1.29 is 14.7 Å². The van der Waals surface area contributed by atoms with Crippen molar-refractivity contribution in [2.75, 3.05) is 18.5 Å². The van der Waals surface area contributed by atoms with Crippen molar-refractivity contribution in [1.82, 2.24) is 5.32 Å². The third kappa shape index (κ3) is 3.64. The number of hydrogen-bond donors (Lipinski definition) is 2. The number of halogens is 1. The van der Waals surface area contributed by atoms with Crippen molar-refractivity contribution in [2.45, 2.75) is 18.9 Å². The summed E-state index contributed by atoms with van der Waals surface area (Å²) in [6, 6.07) is 5.46. The quantitative estimate of drug-likeness (QED) is 0.815. The second-order valence-corrected chi connectivity index (χ2v) is 5.76. The number of carbonyl (C=O) groups excluding carboxylic acids is 1. The van der Waals surface area contributed by atoms with Gasteiger partial charge in [0.1, 0.15) is 6.04 Å². The van der Waals surface area contributed by atoms with Gasteiger partial charge in [0.15, 0.2) is 0 Å². The summed E-state index contributed by atoms with van der Waals surface area (Å²) >= 11 is 3.39. The molecule has 5 nitrogen and oxygen atoms in total. The summed E-state index contributed by atoms with van der Waals surface area (Å²) in [6.07, 6.45) is 4.41. The Morgan fingerprint density at radius 1 is 1.48 bits per heavy atom. The Morgan fingerprint density at radius 3 is 2.90 bits per heavy atom. The van der Waals surface area contributed by atoms with E-state index in [1.54, 1.807) is 13.1 Å². The van der Waals surface area contributed by atoms with Gasteiger partial charge in [-0.2, -0.15) is 0 Å². The molecule has 6 heteroatoms. The predicted octanol–water partition coefficient (Wildman–Crippen LogP) is 2.26. The normalized spacial score (nSPS) is 18.2. The van der Waals surface area contributed by atoms with Crippen molar-refractivity contribution in [3.8, 4) is 0 Å². The zero-order valence-corrected chi connectivity index (χ0v) is 13.3. The van der Waals surface area contributed by atoms with Crippen LogP contribution >= 0.6 is 15.9 Å². The molecule has 0 bridgehead atoms. The first-order chi connectivity index (χ1) is 10.0. The summed E-state index contributed by atoms with van der Waals surface area (Å²) in [7, 11) is 1.63. The molecule has 112 valence electrons. The number of hydrogen-bond acceptors (Lipinski definition) is 3. The minimum absolute atomic E-state index is 0.0106. The largest absolute Gasteiger partial charge is 0.478 e. The van der Waals surface area contributed by atoms with Gasteiger partial charge in [0.2, 0.25) is 5.91 Å². The molecular formula is C15H17BrN2O3. The van der Waals surface area contributed by atoms with E-state index in [-0.39, 0.29) is 11.9 Å². The van der Waals surface area contributed by atoms with Crippen LogP contribution < -0.4 is 10.2 Å². The molecule has 0 saturated carbocycles. The van der Waals surface area contributed by atoms with Gasteiger partial charge >= 0.3 is 5.97 Å². The number of nitrogens with zero attached hydrogens (tertiary/aromatic N) is 1. The number of likely N-dealkylation sites (N-methyl/N-ethyl adjacent to an activating group) is 1. The standard InChI is InChI=1S/C15H17BrN2O3/c1-17-15(21)13-3-2-8-18(13)12-6-5-11(16)9-10(12)4-7-14(19)20/h4-7,9,13H,2-3,8H2,1H3,(H,17,21)(H,19,20)/b7-4+. The van der Waals surface area contributed by atoms with Crippen LogP contribution in [0.15, 0.2) is 28.7 Å². The highest BCUT2D eigenvalue weighted by atomic mass is 79.9. The van der Waals surface area contributed by atoms with Crippen molar-refractivity contribution in [1.29, 1.82) is 0 Å². The van der Waals surface area contributed by atoms with Crippen LogP contribution in [0.3, 0.4) is 0 Å². The molecule has 1 atom stereocenters. The topological polar surface area (TPSA) is 69.6 Å². The summed E-state index contributed by atoms with van der Waals surface area (Å²) in [4.78, 5) is 24.7. The van der Waals surface area contributed by atoms with E-state index in [4.69, 9.17) is 5.11 Å². The summed E-state index contributed by atoms with van der Waals surface area (Å²) in [5.74, 6) is -1.01. The number of carboxylic acid groups (broad SMARTS) is 1. The Balaban J connectivity index is 2.38. The van der Waals surface area contributed by atoms with E-state index < -0.39 is 5.97 Å². The van der Waals surface area contributed by atoms with E-state index in [2.05, 4.69) is 21.2 Å². The fourth-order valence-corrected chi connectivity index (χ4v) is 2.95. The monoisotopic (exact) mass is 352 g/mol. The molecule has 1 aromatic carbocycles. The first-order valence-corrected chi connectivity index (χ1v) is 7.51. The number of benzene rings is 1. The van der Waals surface area contributed by atoms with E-state index in [1.807, 2.05) is 23.1 Å². The number of anilines is 1. The number of nitrogens with one attached hydrogen (secondary N) is 1. The Kier molecular flexibility index (Phi) is 5.01. The van der Waals surface area contributed by atoms with E-state index in [9.17, 15) is 9.59 Å². The maximum atomic E-state index is 12.0. The van der Waals surface area contributed by atoms with Crippen LogP contribution in [-0.4, -0.2) is 36.6 Å². The minimum atomic E-state index is -0.995. The summed E-state index contributed by atoms with van der Waals surface area (Å²) in [5, 5.41) is 11.5. The zero-order chi connectivity index (χ0) is 15.4. The van der Waals surface area contributed by atoms with Crippen LogP contribution in [0.25, 0.3) is 6.08 Å². The molecule has 0 aromatic heterocycles. The van der Waals surface area contributed by atoms with Gasteiger partial charge in [-0.15, -0.1) is 0 Å². The van der Waals surface area contributed by atoms with Gasteiger partial charge in [-0.25, -0.2) is 4.79 Å². The summed E-state index contributed by atoms with van der Waals surface area (Å²) in [6.45, 7) is 0.785. The maximum absolute atomic E-state index is 12.0.